The van der Waals surface area contributed by atoms with Gasteiger partial charge in [0.2, 0.25) is 0 Å². The van der Waals surface area contributed by atoms with Crippen molar-refractivity contribution in [2.45, 2.75) is 15.2 Å². The molecule has 174 valence electrons. The second kappa shape index (κ2) is 7.86. The Hall–Kier alpha value is -4.27. The van der Waals surface area contributed by atoms with Gasteiger partial charge in [0.25, 0.3) is 0 Å². The molecule has 0 fully saturated rings. The number of hydrogen-bond acceptors (Lipinski definition) is 2. The Labute approximate surface area is 220 Å². The molecule has 37 heavy (non-hydrogen) atoms. The van der Waals surface area contributed by atoms with Crippen LogP contribution < -0.4 is 5.32 Å². The maximum absolute atomic E-state index is 3.65. The van der Waals surface area contributed by atoms with Crippen LogP contribution in [0.4, 0.5) is 11.4 Å². The van der Waals surface area contributed by atoms with E-state index in [0.717, 1.165) is 11.4 Å². The summed E-state index contributed by atoms with van der Waals surface area (Å²) < 4.78 is 0. The van der Waals surface area contributed by atoms with Crippen LogP contribution in [0.5, 0.6) is 0 Å². The van der Waals surface area contributed by atoms with Gasteiger partial charge in [-0.3, -0.25) is 0 Å². The Morgan fingerprint density at radius 2 is 1.03 bits per heavy atom. The summed E-state index contributed by atoms with van der Waals surface area (Å²) >= 11 is 1.89. The van der Waals surface area contributed by atoms with Gasteiger partial charge in [-0.1, -0.05) is 103 Å². The van der Waals surface area contributed by atoms with Crippen molar-refractivity contribution in [3.8, 4) is 11.1 Å². The maximum atomic E-state index is 3.65. The summed E-state index contributed by atoms with van der Waals surface area (Å²) in [7, 11) is 0. The third kappa shape index (κ3) is 2.94. The highest BCUT2D eigenvalue weighted by Gasteiger charge is 2.50. The fourth-order valence-electron chi connectivity index (χ4n) is 6.35. The maximum Gasteiger partial charge on any atom is 0.0736 e. The van der Waals surface area contributed by atoms with Gasteiger partial charge < -0.3 is 5.32 Å². The van der Waals surface area contributed by atoms with Gasteiger partial charge in [0.05, 0.1) is 5.41 Å². The van der Waals surface area contributed by atoms with Crippen molar-refractivity contribution in [2.24, 2.45) is 0 Å². The van der Waals surface area contributed by atoms with Gasteiger partial charge in [0, 0.05) is 21.2 Å². The van der Waals surface area contributed by atoms with Crippen molar-refractivity contribution < 1.29 is 0 Å². The van der Waals surface area contributed by atoms with E-state index in [0.29, 0.717) is 0 Å². The molecule has 1 heterocycles. The Morgan fingerprint density at radius 3 is 1.76 bits per heavy atom. The molecule has 0 saturated heterocycles. The number of nitrogens with one attached hydrogen (secondary N) is 1. The first-order valence-electron chi connectivity index (χ1n) is 12.7. The third-order valence-electron chi connectivity index (χ3n) is 7.87. The molecule has 6 aromatic carbocycles. The molecule has 0 saturated carbocycles. The SMILES string of the molecule is c1ccc(Nc2ccc3c(c2)C2(c4cc5ccccc5cc4S3)c3ccccc3-c3ccccc32)cc1. The summed E-state index contributed by atoms with van der Waals surface area (Å²) in [4.78, 5) is 2.65. The molecule has 1 aliphatic carbocycles. The number of rotatable bonds is 2. The fraction of sp³-hybridized carbons (Fsp3) is 0.0286. The van der Waals surface area contributed by atoms with Gasteiger partial charge in [0.1, 0.15) is 0 Å². The molecular weight excluding hydrogens is 466 g/mol. The van der Waals surface area contributed by atoms with Gasteiger partial charge in [-0.15, -0.1) is 0 Å². The summed E-state index contributed by atoms with van der Waals surface area (Å²) in [6.45, 7) is 0. The zero-order valence-electron chi connectivity index (χ0n) is 20.1. The van der Waals surface area contributed by atoms with Gasteiger partial charge in [-0.05, 0) is 86.6 Å². The molecule has 1 nitrogen and oxygen atoms in total. The summed E-state index contributed by atoms with van der Waals surface area (Å²) in [5, 5.41) is 6.22. The number of para-hydroxylation sites is 1. The van der Waals surface area contributed by atoms with Crippen molar-refractivity contribution in [1.82, 2.24) is 0 Å². The van der Waals surface area contributed by atoms with E-state index in [4.69, 9.17) is 0 Å². The standard InChI is InChI=1S/C35H23NS/c1-2-12-25(13-3-1)36-26-18-19-33-32(22-26)35(31-20-23-10-4-5-11-24(23)21-34(31)37-33)29-16-8-6-14-27(29)28-15-7-9-17-30(28)35/h1-22,36H. The van der Waals surface area contributed by atoms with Gasteiger partial charge >= 0.3 is 0 Å². The van der Waals surface area contributed by atoms with Crippen LogP contribution in [-0.2, 0) is 5.41 Å². The Balaban J connectivity index is 1.48. The molecule has 1 spiro atoms. The van der Waals surface area contributed by atoms with E-state index in [1.807, 2.05) is 11.8 Å². The molecule has 0 atom stereocenters. The fourth-order valence-corrected chi connectivity index (χ4v) is 7.56. The van der Waals surface area contributed by atoms with Crippen LogP contribution in [0.1, 0.15) is 22.3 Å². The largest absolute Gasteiger partial charge is 0.356 e. The van der Waals surface area contributed by atoms with E-state index in [1.165, 1.54) is 53.9 Å². The first-order chi connectivity index (χ1) is 18.3. The minimum absolute atomic E-state index is 0.373. The molecule has 0 bridgehead atoms. The van der Waals surface area contributed by atoms with E-state index in [2.05, 4.69) is 139 Å². The van der Waals surface area contributed by atoms with Crippen LogP contribution in [0.2, 0.25) is 0 Å². The Kier molecular flexibility index (Phi) is 4.44. The molecule has 0 radical (unpaired) electrons. The van der Waals surface area contributed by atoms with Gasteiger partial charge in [0.15, 0.2) is 0 Å². The minimum Gasteiger partial charge on any atom is -0.356 e. The van der Waals surface area contributed by atoms with Crippen molar-refractivity contribution in [1.29, 1.82) is 0 Å². The summed E-state index contributed by atoms with van der Waals surface area (Å²) in [5.41, 5.74) is 9.94. The van der Waals surface area contributed by atoms with Crippen molar-refractivity contribution in [2.75, 3.05) is 5.32 Å². The van der Waals surface area contributed by atoms with Crippen LogP contribution in [0.3, 0.4) is 0 Å². The highest BCUT2D eigenvalue weighted by Crippen LogP contribution is 2.62. The van der Waals surface area contributed by atoms with Crippen LogP contribution in [0.15, 0.2) is 143 Å². The average molecular weight is 490 g/mol. The predicted octanol–water partition coefficient (Wildman–Crippen LogP) is 9.41. The van der Waals surface area contributed by atoms with E-state index in [9.17, 15) is 0 Å². The third-order valence-corrected chi connectivity index (χ3v) is 9.00. The highest BCUT2D eigenvalue weighted by atomic mass is 32.2. The number of hydrogen-bond donors (Lipinski definition) is 1. The van der Waals surface area contributed by atoms with E-state index < -0.39 is 0 Å². The lowest BCUT2D eigenvalue weighted by Crippen LogP contribution is -2.32. The topological polar surface area (TPSA) is 12.0 Å². The second-order valence-corrected chi connectivity index (χ2v) is 10.9. The minimum atomic E-state index is -0.373. The monoisotopic (exact) mass is 489 g/mol. The second-order valence-electron chi connectivity index (χ2n) is 9.84. The zero-order valence-corrected chi connectivity index (χ0v) is 20.9. The molecule has 1 aliphatic heterocycles. The van der Waals surface area contributed by atoms with Crippen molar-refractivity contribution in [3.05, 3.63) is 156 Å². The predicted molar refractivity (Wildman–Crippen MR) is 155 cm³/mol. The lowest BCUT2D eigenvalue weighted by molar-refractivity contribution is 0.724. The lowest BCUT2D eigenvalue weighted by atomic mass is 9.67. The molecular formula is C35H23NS. The van der Waals surface area contributed by atoms with Gasteiger partial charge in [-0.25, -0.2) is 0 Å². The summed E-state index contributed by atoms with van der Waals surface area (Å²) in [6.07, 6.45) is 0. The number of anilines is 2. The normalized spacial score (nSPS) is 14.1. The molecule has 6 aromatic rings. The first kappa shape index (κ1) is 20.9. The Bertz CT molecular complexity index is 1790. The molecule has 8 rings (SSSR count). The average Bonchev–Trinajstić information content (AvgIpc) is 3.24. The number of benzene rings is 6. The molecule has 0 amide bonds. The smallest absolute Gasteiger partial charge is 0.0736 e. The molecule has 1 N–H and O–H groups in total. The van der Waals surface area contributed by atoms with E-state index in [1.54, 1.807) is 0 Å². The van der Waals surface area contributed by atoms with Crippen LogP contribution in [0.25, 0.3) is 21.9 Å². The van der Waals surface area contributed by atoms with Crippen molar-refractivity contribution >= 4 is 33.9 Å². The van der Waals surface area contributed by atoms with Gasteiger partial charge in [-0.2, -0.15) is 0 Å². The highest BCUT2D eigenvalue weighted by molar-refractivity contribution is 7.99. The Morgan fingerprint density at radius 1 is 0.432 bits per heavy atom. The lowest BCUT2D eigenvalue weighted by Gasteiger charge is -2.40. The number of fused-ring (bicyclic) bond motifs is 10. The van der Waals surface area contributed by atoms with Crippen molar-refractivity contribution in [3.63, 3.8) is 0 Å². The molecule has 2 aliphatic rings. The van der Waals surface area contributed by atoms with Crippen LogP contribution >= 0.6 is 11.8 Å². The molecule has 0 unspecified atom stereocenters. The quantitative estimate of drug-likeness (QED) is 0.259. The van der Waals surface area contributed by atoms with E-state index in [-0.39, 0.29) is 5.41 Å². The summed E-state index contributed by atoms with van der Waals surface area (Å²) in [6, 6.07) is 48.9. The zero-order chi connectivity index (χ0) is 24.4. The van der Waals surface area contributed by atoms with Crippen LogP contribution in [-0.4, -0.2) is 0 Å². The van der Waals surface area contributed by atoms with Crippen LogP contribution in [0, 0.1) is 0 Å². The van der Waals surface area contributed by atoms with E-state index >= 15 is 0 Å². The molecule has 2 heteroatoms. The summed E-state index contributed by atoms with van der Waals surface area (Å²) in [5.74, 6) is 0. The molecule has 0 aromatic heterocycles. The first-order valence-corrected chi connectivity index (χ1v) is 13.5.